The van der Waals surface area contributed by atoms with Crippen molar-refractivity contribution in [1.82, 2.24) is 0 Å². The summed E-state index contributed by atoms with van der Waals surface area (Å²) in [6.45, 7) is 0.0578. The fourth-order valence-corrected chi connectivity index (χ4v) is 1.89. The molecule has 0 bridgehead atoms. The van der Waals surface area contributed by atoms with E-state index in [1.54, 1.807) is 24.3 Å². The van der Waals surface area contributed by atoms with Gasteiger partial charge in [-0.05, 0) is 23.8 Å². The Morgan fingerprint density at radius 1 is 1.29 bits per heavy atom. The zero-order chi connectivity index (χ0) is 15.4. The lowest BCUT2D eigenvalue weighted by molar-refractivity contribution is -0.385. The average Bonchev–Trinajstić information content (AvgIpc) is 2.45. The molecule has 0 aliphatic heterocycles. The maximum absolute atomic E-state index is 11.1. The monoisotopic (exact) mass is 306 g/mol. The molecule has 2 aromatic carbocycles. The van der Waals surface area contributed by atoms with E-state index in [-0.39, 0.29) is 18.0 Å². The molecule has 0 heterocycles. The number of nitro groups is 1. The van der Waals surface area contributed by atoms with Crippen LogP contribution in [0.15, 0.2) is 42.5 Å². The van der Waals surface area contributed by atoms with E-state index in [0.29, 0.717) is 16.1 Å². The van der Waals surface area contributed by atoms with Crippen molar-refractivity contribution >= 4 is 23.2 Å². The summed E-state index contributed by atoms with van der Waals surface area (Å²) < 4.78 is 5.42. The third-order valence-corrected chi connectivity index (χ3v) is 2.96. The lowest BCUT2D eigenvalue weighted by Crippen LogP contribution is -2.11. The Hall–Kier alpha value is -2.60. The number of primary amides is 1. The van der Waals surface area contributed by atoms with E-state index < -0.39 is 10.8 Å². The molecule has 108 valence electrons. The lowest BCUT2D eigenvalue weighted by atomic mass is 10.1. The van der Waals surface area contributed by atoms with Gasteiger partial charge in [0.1, 0.15) is 6.61 Å². The summed E-state index contributed by atoms with van der Waals surface area (Å²) in [5.74, 6) is -0.484. The summed E-state index contributed by atoms with van der Waals surface area (Å²) in [4.78, 5) is 21.4. The number of rotatable bonds is 5. The second-order valence-electron chi connectivity index (χ2n) is 4.22. The molecule has 2 aromatic rings. The number of amides is 1. The molecule has 0 aliphatic rings. The number of benzene rings is 2. The van der Waals surface area contributed by atoms with Crippen LogP contribution in [0.2, 0.25) is 5.02 Å². The summed E-state index contributed by atoms with van der Waals surface area (Å²) >= 11 is 5.81. The molecule has 0 aromatic heterocycles. The zero-order valence-electron chi connectivity index (χ0n) is 10.8. The summed E-state index contributed by atoms with van der Waals surface area (Å²) in [5, 5.41) is 11.2. The first-order valence-electron chi connectivity index (χ1n) is 5.93. The van der Waals surface area contributed by atoms with E-state index in [4.69, 9.17) is 22.1 Å². The molecule has 21 heavy (non-hydrogen) atoms. The van der Waals surface area contributed by atoms with E-state index in [1.165, 1.54) is 18.2 Å². The Kier molecular flexibility index (Phi) is 4.39. The van der Waals surface area contributed by atoms with Crippen LogP contribution in [0, 0.1) is 10.1 Å². The van der Waals surface area contributed by atoms with Gasteiger partial charge in [-0.2, -0.15) is 0 Å². The fourth-order valence-electron chi connectivity index (χ4n) is 1.73. The highest BCUT2D eigenvalue weighted by Gasteiger charge is 2.15. The number of nitro benzene ring substituents is 1. The van der Waals surface area contributed by atoms with Crippen LogP contribution in [0.5, 0.6) is 5.75 Å². The number of nitrogens with zero attached hydrogens (tertiary/aromatic N) is 1. The van der Waals surface area contributed by atoms with E-state index in [1.807, 2.05) is 0 Å². The topological polar surface area (TPSA) is 95.5 Å². The highest BCUT2D eigenvalue weighted by atomic mass is 35.5. The molecule has 0 unspecified atom stereocenters. The van der Waals surface area contributed by atoms with Crippen LogP contribution >= 0.6 is 11.6 Å². The SMILES string of the molecule is NC(=O)c1cccc(COc2cc(Cl)ccc2[N+](=O)[O-])c1. The number of hydrogen-bond donors (Lipinski definition) is 1. The molecule has 0 spiro atoms. The first-order valence-corrected chi connectivity index (χ1v) is 6.30. The normalized spacial score (nSPS) is 10.1. The molecule has 2 N–H and O–H groups in total. The van der Waals surface area contributed by atoms with Crippen LogP contribution in [0.1, 0.15) is 15.9 Å². The number of ether oxygens (including phenoxy) is 1. The van der Waals surface area contributed by atoms with Gasteiger partial charge in [-0.3, -0.25) is 14.9 Å². The molecule has 0 saturated carbocycles. The predicted octanol–water partition coefficient (Wildman–Crippen LogP) is 2.93. The van der Waals surface area contributed by atoms with Crippen molar-refractivity contribution in [2.75, 3.05) is 0 Å². The minimum Gasteiger partial charge on any atom is -0.482 e. The van der Waals surface area contributed by atoms with Crippen LogP contribution in [-0.4, -0.2) is 10.8 Å². The van der Waals surface area contributed by atoms with Crippen LogP contribution in [0.25, 0.3) is 0 Å². The molecule has 7 heteroatoms. The Morgan fingerprint density at radius 2 is 2.05 bits per heavy atom. The van der Waals surface area contributed by atoms with Crippen LogP contribution in [-0.2, 0) is 6.61 Å². The third kappa shape index (κ3) is 3.70. The molecule has 0 aliphatic carbocycles. The first kappa shape index (κ1) is 14.8. The molecular formula is C14H11ClN2O4. The van der Waals surface area contributed by atoms with Crippen molar-refractivity contribution in [3.05, 3.63) is 68.7 Å². The fraction of sp³-hybridized carbons (Fsp3) is 0.0714. The quantitative estimate of drug-likeness (QED) is 0.678. The van der Waals surface area contributed by atoms with Gasteiger partial charge in [-0.1, -0.05) is 23.7 Å². The van der Waals surface area contributed by atoms with Crippen molar-refractivity contribution in [3.63, 3.8) is 0 Å². The minimum absolute atomic E-state index is 0.0578. The molecule has 6 nitrogen and oxygen atoms in total. The minimum atomic E-state index is -0.550. The van der Waals surface area contributed by atoms with Crippen molar-refractivity contribution in [2.24, 2.45) is 5.73 Å². The van der Waals surface area contributed by atoms with E-state index in [2.05, 4.69) is 0 Å². The predicted molar refractivity (Wildman–Crippen MR) is 77.4 cm³/mol. The summed E-state index contributed by atoms with van der Waals surface area (Å²) in [6, 6.07) is 10.6. The van der Waals surface area contributed by atoms with Crippen molar-refractivity contribution < 1.29 is 14.5 Å². The third-order valence-electron chi connectivity index (χ3n) is 2.72. The standard InChI is InChI=1S/C14H11ClN2O4/c15-11-4-5-12(17(19)20)13(7-11)21-8-9-2-1-3-10(6-9)14(16)18/h1-7H,8H2,(H2,16,18). The van der Waals surface area contributed by atoms with Crippen molar-refractivity contribution in [1.29, 1.82) is 0 Å². The highest BCUT2D eigenvalue weighted by Crippen LogP contribution is 2.30. The van der Waals surface area contributed by atoms with Gasteiger partial charge in [0.05, 0.1) is 4.92 Å². The van der Waals surface area contributed by atoms with Crippen molar-refractivity contribution in [2.45, 2.75) is 6.61 Å². The first-order chi connectivity index (χ1) is 9.97. The van der Waals surface area contributed by atoms with Crippen LogP contribution in [0.4, 0.5) is 5.69 Å². The lowest BCUT2D eigenvalue weighted by Gasteiger charge is -2.08. The maximum atomic E-state index is 11.1. The Bertz CT molecular complexity index is 703. The van der Waals surface area contributed by atoms with Gasteiger partial charge in [0, 0.05) is 22.7 Å². The molecule has 2 rings (SSSR count). The Labute approximate surface area is 125 Å². The number of carbonyl (C=O) groups is 1. The van der Waals surface area contributed by atoms with Gasteiger partial charge in [-0.15, -0.1) is 0 Å². The summed E-state index contributed by atoms with van der Waals surface area (Å²) in [6.07, 6.45) is 0. The van der Waals surface area contributed by atoms with Gasteiger partial charge in [0.15, 0.2) is 5.75 Å². The maximum Gasteiger partial charge on any atom is 0.311 e. The Morgan fingerprint density at radius 3 is 2.71 bits per heavy atom. The zero-order valence-corrected chi connectivity index (χ0v) is 11.5. The van der Waals surface area contributed by atoms with Crippen LogP contribution in [0.3, 0.4) is 0 Å². The van der Waals surface area contributed by atoms with E-state index in [9.17, 15) is 14.9 Å². The smallest absolute Gasteiger partial charge is 0.311 e. The average molecular weight is 307 g/mol. The number of carbonyl (C=O) groups excluding carboxylic acids is 1. The number of nitrogens with two attached hydrogens (primary N) is 1. The second-order valence-corrected chi connectivity index (χ2v) is 4.66. The van der Waals surface area contributed by atoms with E-state index >= 15 is 0 Å². The van der Waals surface area contributed by atoms with Crippen LogP contribution < -0.4 is 10.5 Å². The van der Waals surface area contributed by atoms with Gasteiger partial charge in [0.2, 0.25) is 5.91 Å². The molecule has 0 saturated heterocycles. The Balaban J connectivity index is 2.20. The molecule has 0 fully saturated rings. The number of hydrogen-bond acceptors (Lipinski definition) is 4. The van der Waals surface area contributed by atoms with Crippen molar-refractivity contribution in [3.8, 4) is 5.75 Å². The molecule has 0 atom stereocenters. The number of halogens is 1. The van der Waals surface area contributed by atoms with E-state index in [0.717, 1.165) is 0 Å². The largest absolute Gasteiger partial charge is 0.482 e. The van der Waals surface area contributed by atoms with Gasteiger partial charge in [-0.25, -0.2) is 0 Å². The molecular weight excluding hydrogens is 296 g/mol. The van der Waals surface area contributed by atoms with Gasteiger partial charge >= 0.3 is 5.69 Å². The summed E-state index contributed by atoms with van der Waals surface area (Å²) in [5.41, 5.74) is 6.02. The molecule has 1 amide bonds. The van der Waals surface area contributed by atoms with Gasteiger partial charge in [0.25, 0.3) is 0 Å². The highest BCUT2D eigenvalue weighted by molar-refractivity contribution is 6.30. The second kappa shape index (κ2) is 6.23. The molecule has 0 radical (unpaired) electrons. The van der Waals surface area contributed by atoms with Gasteiger partial charge < -0.3 is 10.5 Å². The summed E-state index contributed by atoms with van der Waals surface area (Å²) in [7, 11) is 0.